The first-order chi connectivity index (χ1) is 14.0. The van der Waals surface area contributed by atoms with Gasteiger partial charge in [0.1, 0.15) is 5.82 Å². The molecule has 3 rings (SSSR count). The monoisotopic (exact) mass is 412 g/mol. The van der Waals surface area contributed by atoms with Gasteiger partial charge in [-0.15, -0.1) is 0 Å². The molecule has 0 aliphatic rings. The Morgan fingerprint density at radius 1 is 1.17 bits per heavy atom. The Kier molecular flexibility index (Phi) is 6.66. The Morgan fingerprint density at radius 2 is 1.93 bits per heavy atom. The molecular weight excluding hydrogens is 388 g/mol. The van der Waals surface area contributed by atoms with Crippen LogP contribution in [0.1, 0.15) is 30.9 Å². The van der Waals surface area contributed by atoms with Crippen LogP contribution in [0.4, 0.5) is 11.5 Å². The topological polar surface area (TPSA) is 101 Å². The summed E-state index contributed by atoms with van der Waals surface area (Å²) in [7, 11) is 0. The number of nitrogens with one attached hydrogen (secondary N) is 1. The summed E-state index contributed by atoms with van der Waals surface area (Å²) in [4.78, 5) is 41.8. The molecule has 29 heavy (non-hydrogen) atoms. The van der Waals surface area contributed by atoms with Gasteiger partial charge in [-0.1, -0.05) is 43.7 Å². The van der Waals surface area contributed by atoms with Gasteiger partial charge in [0.05, 0.1) is 13.0 Å². The Bertz CT molecular complexity index is 1070. The van der Waals surface area contributed by atoms with E-state index in [2.05, 4.69) is 4.98 Å². The van der Waals surface area contributed by atoms with Crippen molar-refractivity contribution in [3.05, 3.63) is 79.1 Å². The molecule has 152 valence electrons. The fourth-order valence-electron chi connectivity index (χ4n) is 3.10. The molecule has 7 nitrogen and oxygen atoms in total. The molecule has 0 atom stereocenters. The van der Waals surface area contributed by atoms with E-state index in [-0.39, 0.29) is 30.4 Å². The summed E-state index contributed by atoms with van der Waals surface area (Å²) in [6, 6.07) is 11.2. The van der Waals surface area contributed by atoms with E-state index in [1.807, 2.05) is 54.1 Å². The second kappa shape index (κ2) is 9.38. The zero-order chi connectivity index (χ0) is 20.8. The van der Waals surface area contributed by atoms with Crippen LogP contribution in [0.5, 0.6) is 0 Å². The minimum atomic E-state index is -0.647. The lowest BCUT2D eigenvalue weighted by molar-refractivity contribution is -0.118. The lowest BCUT2D eigenvalue weighted by Gasteiger charge is -2.24. The third kappa shape index (κ3) is 4.83. The highest BCUT2D eigenvalue weighted by Crippen LogP contribution is 2.20. The summed E-state index contributed by atoms with van der Waals surface area (Å²) in [6.07, 6.45) is 1.74. The summed E-state index contributed by atoms with van der Waals surface area (Å²) in [5, 5.41) is 3.81. The maximum absolute atomic E-state index is 13.0. The number of nitrogens with zero attached hydrogens (tertiary/aromatic N) is 2. The average Bonchev–Trinajstić information content (AvgIpc) is 3.21. The van der Waals surface area contributed by atoms with Gasteiger partial charge in [0.15, 0.2) is 5.69 Å². The number of carbonyl (C=O) groups is 1. The van der Waals surface area contributed by atoms with Crippen LogP contribution >= 0.6 is 11.3 Å². The van der Waals surface area contributed by atoms with Gasteiger partial charge in [0.25, 0.3) is 5.56 Å². The van der Waals surface area contributed by atoms with Crippen LogP contribution in [0, 0.1) is 0 Å². The summed E-state index contributed by atoms with van der Waals surface area (Å²) in [5.74, 6) is -0.226. The number of thiophene rings is 1. The van der Waals surface area contributed by atoms with Crippen LogP contribution < -0.4 is 21.9 Å². The van der Waals surface area contributed by atoms with Gasteiger partial charge in [-0.25, -0.2) is 4.79 Å². The van der Waals surface area contributed by atoms with Crippen molar-refractivity contribution in [1.82, 2.24) is 9.55 Å². The summed E-state index contributed by atoms with van der Waals surface area (Å²) in [6.45, 7) is 2.57. The van der Waals surface area contributed by atoms with Gasteiger partial charge in [-0.2, -0.15) is 11.3 Å². The third-order valence-electron chi connectivity index (χ3n) is 4.64. The van der Waals surface area contributed by atoms with E-state index in [4.69, 9.17) is 5.73 Å². The Hall–Kier alpha value is -3.13. The lowest BCUT2D eigenvalue weighted by Crippen LogP contribution is -2.42. The van der Waals surface area contributed by atoms with Crippen molar-refractivity contribution in [2.45, 2.75) is 32.7 Å². The summed E-state index contributed by atoms with van der Waals surface area (Å²) >= 11 is 1.51. The van der Waals surface area contributed by atoms with E-state index in [0.717, 1.165) is 17.5 Å². The van der Waals surface area contributed by atoms with E-state index in [0.29, 0.717) is 13.0 Å². The Balaban J connectivity index is 2.02. The van der Waals surface area contributed by atoms with E-state index >= 15 is 0 Å². The molecule has 1 amide bonds. The second-order valence-electron chi connectivity index (χ2n) is 6.77. The van der Waals surface area contributed by atoms with Crippen LogP contribution in [-0.2, 0) is 17.8 Å². The molecule has 3 aromatic rings. The molecule has 0 aliphatic heterocycles. The largest absolute Gasteiger partial charge is 0.383 e. The molecule has 3 N–H and O–H groups in total. The fourth-order valence-corrected chi connectivity index (χ4v) is 3.77. The first-order valence-electron chi connectivity index (χ1n) is 9.49. The number of nitrogen functional groups attached to an aromatic ring is 1. The maximum Gasteiger partial charge on any atom is 0.330 e. The van der Waals surface area contributed by atoms with Gasteiger partial charge in [-0.3, -0.25) is 19.1 Å². The van der Waals surface area contributed by atoms with E-state index < -0.39 is 11.2 Å². The van der Waals surface area contributed by atoms with Crippen molar-refractivity contribution in [1.29, 1.82) is 0 Å². The molecule has 0 radical (unpaired) electrons. The third-order valence-corrected chi connectivity index (χ3v) is 5.37. The van der Waals surface area contributed by atoms with Crippen LogP contribution in [0.2, 0.25) is 0 Å². The van der Waals surface area contributed by atoms with Crippen LogP contribution in [0.15, 0.2) is 56.7 Å². The highest BCUT2D eigenvalue weighted by Gasteiger charge is 2.24. The molecular formula is C21H24N4O3S. The smallest absolute Gasteiger partial charge is 0.330 e. The van der Waals surface area contributed by atoms with Gasteiger partial charge in [-0.05, 0) is 34.4 Å². The highest BCUT2D eigenvalue weighted by molar-refractivity contribution is 7.08. The molecule has 0 unspecified atom stereocenters. The van der Waals surface area contributed by atoms with E-state index in [9.17, 15) is 14.4 Å². The first-order valence-corrected chi connectivity index (χ1v) is 10.4. The van der Waals surface area contributed by atoms with Crippen molar-refractivity contribution in [3.8, 4) is 0 Å². The number of benzene rings is 1. The van der Waals surface area contributed by atoms with Crippen LogP contribution in [0.25, 0.3) is 0 Å². The van der Waals surface area contributed by atoms with Gasteiger partial charge in [0.2, 0.25) is 5.91 Å². The number of amides is 1. The summed E-state index contributed by atoms with van der Waals surface area (Å²) in [5.41, 5.74) is 6.81. The van der Waals surface area contributed by atoms with E-state index in [1.165, 1.54) is 20.8 Å². The molecule has 0 saturated heterocycles. The van der Waals surface area contributed by atoms with Gasteiger partial charge >= 0.3 is 5.69 Å². The standard InChI is InChI=1S/C21H24N4O3S/c1-2-3-10-24(17(26)12-16-9-11-29-14-16)18-19(22)25(21(28)23-20(18)27)13-15-7-5-4-6-8-15/h4-9,11,14H,2-3,10,12-13,22H2,1H3,(H,23,27,28). The molecule has 0 fully saturated rings. The molecule has 2 heterocycles. The zero-order valence-electron chi connectivity index (χ0n) is 16.3. The number of nitrogens with two attached hydrogens (primary N) is 1. The second-order valence-corrected chi connectivity index (χ2v) is 7.55. The van der Waals surface area contributed by atoms with Gasteiger partial charge < -0.3 is 10.6 Å². The molecule has 1 aromatic carbocycles. The minimum Gasteiger partial charge on any atom is -0.383 e. The first kappa shape index (κ1) is 20.6. The average molecular weight is 413 g/mol. The summed E-state index contributed by atoms with van der Waals surface area (Å²) < 4.78 is 1.29. The number of carbonyl (C=O) groups excluding carboxylic acids is 1. The molecule has 0 bridgehead atoms. The zero-order valence-corrected chi connectivity index (χ0v) is 17.1. The van der Waals surface area contributed by atoms with Gasteiger partial charge in [0, 0.05) is 6.54 Å². The van der Waals surface area contributed by atoms with Crippen molar-refractivity contribution >= 4 is 28.7 Å². The van der Waals surface area contributed by atoms with Crippen LogP contribution in [0.3, 0.4) is 0 Å². The van der Waals surface area contributed by atoms with Crippen molar-refractivity contribution in [2.24, 2.45) is 0 Å². The lowest BCUT2D eigenvalue weighted by atomic mass is 10.2. The number of unbranched alkanes of at least 4 members (excludes halogenated alkanes) is 1. The normalized spacial score (nSPS) is 10.8. The molecule has 2 aromatic heterocycles. The molecule has 0 aliphatic carbocycles. The predicted molar refractivity (Wildman–Crippen MR) is 117 cm³/mol. The SMILES string of the molecule is CCCCN(C(=O)Cc1ccsc1)c1c(N)n(Cc2ccccc2)c(=O)[nH]c1=O. The number of rotatable bonds is 8. The number of hydrogen-bond donors (Lipinski definition) is 2. The Morgan fingerprint density at radius 3 is 2.59 bits per heavy atom. The van der Waals surface area contributed by atoms with Crippen molar-refractivity contribution in [3.63, 3.8) is 0 Å². The Labute approximate surface area is 172 Å². The predicted octanol–water partition coefficient (Wildman–Crippen LogP) is 2.60. The van der Waals surface area contributed by atoms with Crippen molar-refractivity contribution < 1.29 is 4.79 Å². The van der Waals surface area contributed by atoms with Crippen LogP contribution in [-0.4, -0.2) is 22.0 Å². The highest BCUT2D eigenvalue weighted by atomic mass is 32.1. The van der Waals surface area contributed by atoms with Crippen molar-refractivity contribution in [2.75, 3.05) is 17.2 Å². The number of aromatic nitrogens is 2. The molecule has 8 heteroatoms. The quantitative estimate of drug-likeness (QED) is 0.594. The number of H-pyrrole nitrogens is 1. The molecule has 0 spiro atoms. The number of hydrogen-bond acceptors (Lipinski definition) is 5. The molecule has 0 saturated carbocycles. The van der Waals surface area contributed by atoms with E-state index in [1.54, 1.807) is 0 Å². The number of anilines is 2. The minimum absolute atomic E-state index is 0.00243. The maximum atomic E-state index is 13.0. The number of aromatic amines is 1. The fraction of sp³-hybridized carbons (Fsp3) is 0.286.